The predicted molar refractivity (Wildman–Crippen MR) is 306 cm³/mol. The van der Waals surface area contributed by atoms with E-state index in [1.807, 2.05) is 0 Å². The van der Waals surface area contributed by atoms with Gasteiger partial charge in [-0.2, -0.15) is 0 Å². The highest BCUT2D eigenvalue weighted by atomic mass is 16.5. The second-order valence-electron chi connectivity index (χ2n) is 21.7. The van der Waals surface area contributed by atoms with Crippen LogP contribution in [0.3, 0.4) is 0 Å². The summed E-state index contributed by atoms with van der Waals surface area (Å²) in [6, 6.07) is -0.541. The quantitative estimate of drug-likeness (QED) is 0.0321. The molecule has 0 spiro atoms. The van der Waals surface area contributed by atoms with E-state index in [2.05, 4.69) is 43.5 Å². The minimum atomic E-state index is -0.663. The number of ether oxygens (including phenoxy) is 1. The second kappa shape index (κ2) is 59.9. The molecular formula is C64H123NO5. The summed E-state index contributed by atoms with van der Waals surface area (Å²) in [6.45, 7) is 4.95. The smallest absolute Gasteiger partial charge is 0.305 e. The molecule has 0 saturated heterocycles. The summed E-state index contributed by atoms with van der Waals surface area (Å²) in [6.07, 6.45) is 73.4. The molecule has 6 heteroatoms. The van der Waals surface area contributed by atoms with Crippen molar-refractivity contribution in [3.63, 3.8) is 0 Å². The molecule has 0 aromatic heterocycles. The average Bonchev–Trinajstić information content (AvgIpc) is 3.36. The molecule has 0 fully saturated rings. The van der Waals surface area contributed by atoms with Crippen LogP contribution in [-0.4, -0.2) is 47.4 Å². The zero-order valence-corrected chi connectivity index (χ0v) is 47.3. The van der Waals surface area contributed by atoms with Gasteiger partial charge in [-0.15, -0.1) is 0 Å². The molecule has 0 radical (unpaired) electrons. The average molecular weight is 987 g/mol. The highest BCUT2D eigenvalue weighted by Gasteiger charge is 2.20. The lowest BCUT2D eigenvalue weighted by Gasteiger charge is -2.22. The summed E-state index contributed by atoms with van der Waals surface area (Å²) in [5.41, 5.74) is 0. The number of allylic oxidation sites excluding steroid dienone is 4. The SMILES string of the molecule is CCCCCC/C=C\CCCCCCCC(=O)OCCCCCCCCCCCCCC/C=C\CCCCCCCCCCCCCC(=O)NC(CO)C(O)CCCCCCCCCCCCCCC. The third-order valence-corrected chi connectivity index (χ3v) is 14.7. The predicted octanol–water partition coefficient (Wildman–Crippen LogP) is 19.8. The van der Waals surface area contributed by atoms with Crippen molar-refractivity contribution in [2.24, 2.45) is 0 Å². The van der Waals surface area contributed by atoms with Crippen molar-refractivity contribution < 1.29 is 24.5 Å². The van der Waals surface area contributed by atoms with Crippen LogP contribution in [0.2, 0.25) is 0 Å². The van der Waals surface area contributed by atoms with Crippen LogP contribution in [0.1, 0.15) is 348 Å². The number of carbonyl (C=O) groups excluding carboxylic acids is 2. The molecule has 0 aromatic carbocycles. The summed E-state index contributed by atoms with van der Waals surface area (Å²) in [4.78, 5) is 24.5. The third kappa shape index (κ3) is 55.7. The van der Waals surface area contributed by atoms with Gasteiger partial charge >= 0.3 is 5.97 Å². The topological polar surface area (TPSA) is 95.9 Å². The molecule has 2 unspecified atom stereocenters. The van der Waals surface area contributed by atoms with Crippen LogP contribution >= 0.6 is 0 Å². The van der Waals surface area contributed by atoms with Gasteiger partial charge in [-0.25, -0.2) is 0 Å². The summed E-state index contributed by atoms with van der Waals surface area (Å²) < 4.78 is 5.47. The molecule has 0 bridgehead atoms. The zero-order valence-electron chi connectivity index (χ0n) is 47.3. The Balaban J connectivity index is 3.37. The molecule has 0 saturated carbocycles. The fourth-order valence-electron chi connectivity index (χ4n) is 9.87. The minimum absolute atomic E-state index is 0.00606. The summed E-state index contributed by atoms with van der Waals surface area (Å²) in [5.74, 6) is -0.0285. The number of rotatable bonds is 59. The van der Waals surface area contributed by atoms with E-state index in [1.54, 1.807) is 0 Å². The molecular weight excluding hydrogens is 863 g/mol. The van der Waals surface area contributed by atoms with E-state index in [0.29, 0.717) is 25.9 Å². The van der Waals surface area contributed by atoms with Crippen LogP contribution in [-0.2, 0) is 14.3 Å². The standard InChI is InChI=1S/C64H123NO5/c1-3-5-7-9-11-13-15-32-36-40-44-48-52-56-62(67)61(60-66)65-63(68)57-53-49-45-41-37-34-30-28-26-24-22-20-18-17-19-21-23-25-27-29-31-35-39-43-47-51-55-59-70-64(69)58-54-50-46-42-38-33-16-14-12-10-8-6-4-2/h14,16-18,61-62,66-67H,3-13,15,19-60H2,1-2H3,(H,65,68)/b16-14-,18-17-. The Hall–Kier alpha value is -1.66. The Kier molecular flexibility index (Phi) is 58.5. The second-order valence-corrected chi connectivity index (χ2v) is 21.7. The number of nitrogens with one attached hydrogen (secondary N) is 1. The molecule has 1 amide bonds. The Bertz CT molecular complexity index is 1090. The van der Waals surface area contributed by atoms with Gasteiger partial charge in [-0.1, -0.05) is 282 Å². The van der Waals surface area contributed by atoms with E-state index in [9.17, 15) is 19.8 Å². The van der Waals surface area contributed by atoms with E-state index in [0.717, 1.165) is 44.9 Å². The first-order valence-electron chi connectivity index (χ1n) is 31.6. The Morgan fingerprint density at radius 1 is 0.386 bits per heavy atom. The summed E-state index contributed by atoms with van der Waals surface area (Å²) in [7, 11) is 0. The lowest BCUT2D eigenvalue weighted by molar-refractivity contribution is -0.143. The van der Waals surface area contributed by atoms with Crippen molar-refractivity contribution in [1.29, 1.82) is 0 Å². The van der Waals surface area contributed by atoms with Gasteiger partial charge in [-0.3, -0.25) is 9.59 Å². The van der Waals surface area contributed by atoms with Gasteiger partial charge < -0.3 is 20.3 Å². The summed E-state index contributed by atoms with van der Waals surface area (Å²) >= 11 is 0. The van der Waals surface area contributed by atoms with Gasteiger partial charge in [0.2, 0.25) is 5.91 Å². The molecule has 0 aliphatic rings. The van der Waals surface area contributed by atoms with Gasteiger partial charge in [0.1, 0.15) is 0 Å². The van der Waals surface area contributed by atoms with Gasteiger partial charge in [0.05, 0.1) is 25.4 Å². The van der Waals surface area contributed by atoms with E-state index in [4.69, 9.17) is 4.74 Å². The molecule has 3 N–H and O–H groups in total. The lowest BCUT2D eigenvalue weighted by atomic mass is 10.0. The maximum Gasteiger partial charge on any atom is 0.305 e. The maximum absolute atomic E-state index is 12.5. The van der Waals surface area contributed by atoms with Crippen LogP contribution in [0.5, 0.6) is 0 Å². The molecule has 0 aliphatic heterocycles. The third-order valence-electron chi connectivity index (χ3n) is 14.7. The number of aliphatic hydroxyl groups excluding tert-OH is 2. The Labute approximate surface area is 437 Å². The van der Waals surface area contributed by atoms with Crippen molar-refractivity contribution in [1.82, 2.24) is 5.32 Å². The lowest BCUT2D eigenvalue weighted by Crippen LogP contribution is -2.45. The molecule has 414 valence electrons. The molecule has 2 atom stereocenters. The molecule has 0 heterocycles. The van der Waals surface area contributed by atoms with E-state index in [1.165, 1.54) is 270 Å². The van der Waals surface area contributed by atoms with Gasteiger partial charge in [-0.05, 0) is 77.0 Å². The number of amides is 1. The molecule has 0 aromatic rings. The monoisotopic (exact) mass is 986 g/mol. The van der Waals surface area contributed by atoms with E-state index >= 15 is 0 Å². The number of unbranched alkanes of at least 4 members (excludes halogenated alkanes) is 44. The van der Waals surface area contributed by atoms with Crippen LogP contribution < -0.4 is 5.32 Å². The number of carbonyl (C=O) groups is 2. The number of hydrogen-bond donors (Lipinski definition) is 3. The minimum Gasteiger partial charge on any atom is -0.466 e. The van der Waals surface area contributed by atoms with Crippen LogP contribution in [0.25, 0.3) is 0 Å². The van der Waals surface area contributed by atoms with Gasteiger partial charge in [0.25, 0.3) is 0 Å². The fourth-order valence-corrected chi connectivity index (χ4v) is 9.87. The largest absolute Gasteiger partial charge is 0.466 e. The molecule has 0 aliphatic carbocycles. The van der Waals surface area contributed by atoms with Crippen LogP contribution in [0.15, 0.2) is 24.3 Å². The van der Waals surface area contributed by atoms with Crippen molar-refractivity contribution in [3.05, 3.63) is 24.3 Å². The normalized spacial score (nSPS) is 12.7. The highest BCUT2D eigenvalue weighted by molar-refractivity contribution is 5.76. The highest BCUT2D eigenvalue weighted by Crippen LogP contribution is 2.18. The first-order chi connectivity index (χ1) is 34.5. The van der Waals surface area contributed by atoms with Crippen molar-refractivity contribution >= 4 is 11.9 Å². The number of esters is 1. The van der Waals surface area contributed by atoms with Crippen molar-refractivity contribution in [3.8, 4) is 0 Å². The number of hydrogen-bond acceptors (Lipinski definition) is 5. The van der Waals surface area contributed by atoms with Gasteiger partial charge in [0.15, 0.2) is 0 Å². The zero-order chi connectivity index (χ0) is 50.7. The molecule has 6 nitrogen and oxygen atoms in total. The van der Waals surface area contributed by atoms with E-state index < -0.39 is 12.1 Å². The Morgan fingerprint density at radius 3 is 1.03 bits per heavy atom. The van der Waals surface area contributed by atoms with Crippen LogP contribution in [0, 0.1) is 0 Å². The van der Waals surface area contributed by atoms with E-state index in [-0.39, 0.29) is 18.5 Å². The van der Waals surface area contributed by atoms with Crippen molar-refractivity contribution in [2.75, 3.05) is 13.2 Å². The number of aliphatic hydroxyl groups is 2. The first-order valence-corrected chi connectivity index (χ1v) is 31.6. The maximum atomic E-state index is 12.5. The first kappa shape index (κ1) is 68.3. The molecule has 70 heavy (non-hydrogen) atoms. The van der Waals surface area contributed by atoms with Gasteiger partial charge in [0, 0.05) is 12.8 Å². The Morgan fingerprint density at radius 2 is 0.671 bits per heavy atom. The van der Waals surface area contributed by atoms with Crippen LogP contribution in [0.4, 0.5) is 0 Å². The molecule has 0 rings (SSSR count). The summed E-state index contributed by atoms with van der Waals surface area (Å²) in [5, 5.41) is 23.3. The van der Waals surface area contributed by atoms with Crippen molar-refractivity contribution in [2.45, 2.75) is 360 Å². The fraction of sp³-hybridized carbons (Fsp3) is 0.906.